The number of amides is 2. The molecule has 2 aromatic rings. The zero-order valence-electron chi connectivity index (χ0n) is 19.4. The molecule has 0 bridgehead atoms. The molecule has 1 aliphatic heterocycles. The number of urea groups is 1. The van der Waals surface area contributed by atoms with Crippen molar-refractivity contribution in [1.29, 1.82) is 0 Å². The summed E-state index contributed by atoms with van der Waals surface area (Å²) < 4.78 is 37.7. The number of aromatic nitrogens is 1. The molecule has 2 heterocycles. The molecule has 8 nitrogen and oxygen atoms in total. The monoisotopic (exact) mass is 481 g/mol. The van der Waals surface area contributed by atoms with Crippen LogP contribution in [-0.2, 0) is 47.7 Å². The van der Waals surface area contributed by atoms with E-state index in [1.807, 2.05) is 7.05 Å². The fourth-order valence-electron chi connectivity index (χ4n) is 5.36. The Hall–Kier alpha value is -1.52. The first-order valence-electron chi connectivity index (χ1n) is 11.4. The van der Waals surface area contributed by atoms with Gasteiger partial charge in [0, 0.05) is 67.9 Å². The molecule has 0 saturated carbocycles. The minimum Gasteiger partial charge on any atom is -0.381 e. The number of aryl methyl sites for hydroxylation is 3. The summed E-state index contributed by atoms with van der Waals surface area (Å²) in [7, 11) is -2.26. The van der Waals surface area contributed by atoms with Crippen LogP contribution in [0.5, 0.6) is 0 Å². The van der Waals surface area contributed by atoms with Crippen molar-refractivity contribution in [2.45, 2.75) is 57.4 Å². The van der Waals surface area contributed by atoms with Gasteiger partial charge in [0.05, 0.1) is 11.7 Å². The average Bonchev–Trinajstić information content (AvgIpc) is 3.49. The Balaban J connectivity index is 0.00000259. The van der Waals surface area contributed by atoms with Gasteiger partial charge in [-0.3, -0.25) is 0 Å². The van der Waals surface area contributed by atoms with Crippen LogP contribution in [0.1, 0.15) is 47.9 Å². The van der Waals surface area contributed by atoms with Gasteiger partial charge in [-0.05, 0) is 79.7 Å². The number of nitrogens with zero attached hydrogens (tertiary/aromatic N) is 2. The van der Waals surface area contributed by atoms with Crippen molar-refractivity contribution in [3.05, 3.63) is 46.8 Å². The molecule has 10 heteroatoms. The summed E-state index contributed by atoms with van der Waals surface area (Å²) in [4.78, 5) is 13.0. The fraction of sp³-hybridized carbons (Fsp3) is 0.522. The molecule has 0 spiro atoms. The van der Waals surface area contributed by atoms with Crippen molar-refractivity contribution in [2.24, 2.45) is 7.05 Å². The van der Waals surface area contributed by atoms with Crippen LogP contribution in [0.15, 0.2) is 24.5 Å². The summed E-state index contributed by atoms with van der Waals surface area (Å²) in [6.45, 7) is 0.996. The third-order valence-electron chi connectivity index (χ3n) is 6.79. The molecule has 1 aromatic carbocycles. The third-order valence-corrected chi connectivity index (χ3v) is 8.26. The number of hydrogen-bond donors (Lipinski definition) is 2. The average molecular weight is 482 g/mol. The molecular weight excluding hydrogens is 451 g/mol. The Bertz CT molecular complexity index is 1110. The van der Waals surface area contributed by atoms with Gasteiger partial charge in [0.2, 0.25) is 0 Å². The topological polar surface area (TPSA) is 92.7 Å². The Labute approximate surface area is 217 Å². The van der Waals surface area contributed by atoms with Gasteiger partial charge in [-0.2, -0.15) is 8.42 Å². The number of anilines is 2. The van der Waals surface area contributed by atoms with Crippen molar-refractivity contribution in [1.82, 2.24) is 9.29 Å². The van der Waals surface area contributed by atoms with Crippen molar-refractivity contribution in [3.8, 4) is 0 Å². The number of carbonyl (C=O) groups excluding carboxylic acids is 1. The first-order valence-corrected chi connectivity index (χ1v) is 12.9. The maximum atomic E-state index is 13.4. The third kappa shape index (κ3) is 4.98. The molecule has 1 fully saturated rings. The molecule has 33 heavy (non-hydrogen) atoms. The summed E-state index contributed by atoms with van der Waals surface area (Å²) in [6.07, 6.45) is 10.7. The minimum atomic E-state index is -4.11. The zero-order chi connectivity index (χ0) is 22.3. The predicted molar refractivity (Wildman–Crippen MR) is 129 cm³/mol. The van der Waals surface area contributed by atoms with Crippen molar-refractivity contribution in [3.63, 3.8) is 0 Å². The number of hydrogen-bond acceptors (Lipinski definition) is 4. The van der Waals surface area contributed by atoms with E-state index in [9.17, 15) is 13.2 Å². The van der Waals surface area contributed by atoms with E-state index in [0.717, 1.165) is 44.2 Å². The number of ether oxygens (including phenoxy) is 1. The van der Waals surface area contributed by atoms with E-state index in [-0.39, 0.29) is 35.6 Å². The second kappa shape index (κ2) is 10.00. The molecule has 1 radical (unpaired) electrons. The molecule has 1 saturated heterocycles. The van der Waals surface area contributed by atoms with Crippen LogP contribution >= 0.6 is 0 Å². The zero-order valence-corrected chi connectivity index (χ0v) is 22.2. The maximum absolute atomic E-state index is 13.4. The molecule has 5 rings (SSSR count). The molecule has 2 aliphatic carbocycles. The van der Waals surface area contributed by atoms with E-state index in [2.05, 4.69) is 16.1 Å². The van der Waals surface area contributed by atoms with Crippen LogP contribution in [-0.4, -0.2) is 67.8 Å². The smallest absolute Gasteiger partial charge is 0.334 e. The molecule has 173 valence electrons. The molecule has 2 N–H and O–H groups in total. The quantitative estimate of drug-likeness (QED) is 0.643. The first kappa shape index (κ1) is 24.6. The van der Waals surface area contributed by atoms with Crippen molar-refractivity contribution in [2.75, 3.05) is 22.8 Å². The molecular formula is C23H30N4NaO4S. The van der Waals surface area contributed by atoms with Gasteiger partial charge in [-0.1, -0.05) is 6.07 Å². The van der Waals surface area contributed by atoms with Gasteiger partial charge in [0.1, 0.15) is 0 Å². The van der Waals surface area contributed by atoms with E-state index in [1.165, 1.54) is 26.6 Å². The van der Waals surface area contributed by atoms with Crippen molar-refractivity contribution < 1.29 is 17.9 Å². The predicted octanol–water partition coefficient (Wildman–Crippen LogP) is 2.67. The second-order valence-electron chi connectivity index (χ2n) is 8.97. The standard InChI is InChI=1S/C23H30N4O4S.Na/c1-26-11-8-19(15-26)27(18-9-12-31-13-10-18)32(29,30)25-23(28)24-22-20-6-2-4-16(20)14-17-5-3-7-21(17)22;/h8,11,14-15,18H,2-7,9-10,12-13H2,1H3,(H2,24,25,28);. The minimum absolute atomic E-state index is 0. The summed E-state index contributed by atoms with van der Waals surface area (Å²) in [5.41, 5.74) is 6.29. The Kier molecular flexibility index (Phi) is 7.45. The van der Waals surface area contributed by atoms with Crippen LogP contribution in [0.25, 0.3) is 0 Å². The molecule has 3 aliphatic rings. The summed E-state index contributed by atoms with van der Waals surface area (Å²) in [5.74, 6) is 0. The van der Waals surface area contributed by atoms with Crippen LogP contribution in [0.2, 0.25) is 0 Å². The molecule has 1 aromatic heterocycles. The van der Waals surface area contributed by atoms with E-state index in [4.69, 9.17) is 4.74 Å². The summed E-state index contributed by atoms with van der Waals surface area (Å²) >= 11 is 0. The molecule has 2 amide bonds. The largest absolute Gasteiger partial charge is 0.381 e. The van der Waals surface area contributed by atoms with E-state index >= 15 is 0 Å². The molecule has 0 atom stereocenters. The van der Waals surface area contributed by atoms with Crippen LogP contribution in [0.3, 0.4) is 0 Å². The first-order chi connectivity index (χ1) is 15.4. The van der Waals surface area contributed by atoms with Gasteiger partial charge in [0.25, 0.3) is 0 Å². The number of nitrogens with one attached hydrogen (secondary N) is 2. The summed E-state index contributed by atoms with van der Waals surface area (Å²) in [5, 5.41) is 2.93. The van der Waals surface area contributed by atoms with Gasteiger partial charge in [-0.15, -0.1) is 0 Å². The second-order valence-corrected chi connectivity index (χ2v) is 10.5. The van der Waals surface area contributed by atoms with Gasteiger partial charge in [-0.25, -0.2) is 13.8 Å². The number of rotatable bonds is 5. The Morgan fingerprint density at radius 1 is 1.09 bits per heavy atom. The normalized spacial score (nSPS) is 17.7. The van der Waals surface area contributed by atoms with Crippen LogP contribution < -0.4 is 14.3 Å². The maximum Gasteiger partial charge on any atom is 0.334 e. The van der Waals surface area contributed by atoms with Crippen LogP contribution in [0, 0.1) is 0 Å². The van der Waals surface area contributed by atoms with E-state index in [0.29, 0.717) is 31.7 Å². The van der Waals surface area contributed by atoms with E-state index < -0.39 is 16.2 Å². The van der Waals surface area contributed by atoms with Gasteiger partial charge >= 0.3 is 16.2 Å². The number of benzene rings is 1. The molecule has 0 unspecified atom stereocenters. The summed E-state index contributed by atoms with van der Waals surface area (Å²) in [6, 6.07) is 3.07. The fourth-order valence-corrected chi connectivity index (χ4v) is 6.73. The Morgan fingerprint density at radius 3 is 2.30 bits per heavy atom. The van der Waals surface area contributed by atoms with E-state index in [1.54, 1.807) is 23.0 Å². The number of fused-ring (bicyclic) bond motifs is 2. The van der Waals surface area contributed by atoms with Crippen LogP contribution in [0.4, 0.5) is 16.2 Å². The SMILES string of the molecule is Cn1ccc(N(C2CCOCC2)S(=O)(=O)NC(=O)Nc2c3c(cc4c2CCC4)CCC3)c1.[Na]. The van der Waals surface area contributed by atoms with Gasteiger partial charge in [0.15, 0.2) is 0 Å². The van der Waals surface area contributed by atoms with Gasteiger partial charge < -0.3 is 14.6 Å². The Morgan fingerprint density at radius 2 is 1.73 bits per heavy atom. The van der Waals surface area contributed by atoms with Crippen molar-refractivity contribution >= 4 is 57.2 Å². The number of carbonyl (C=O) groups is 1.